The van der Waals surface area contributed by atoms with Gasteiger partial charge in [-0.3, -0.25) is 4.79 Å². The van der Waals surface area contributed by atoms with E-state index in [2.05, 4.69) is 21.6 Å². The van der Waals surface area contributed by atoms with Gasteiger partial charge in [-0.1, -0.05) is 36.4 Å². The van der Waals surface area contributed by atoms with E-state index in [0.717, 1.165) is 41.7 Å². The first-order valence-electron chi connectivity index (χ1n) is 11.6. The van der Waals surface area contributed by atoms with Crippen LogP contribution in [0.1, 0.15) is 35.2 Å². The van der Waals surface area contributed by atoms with Crippen molar-refractivity contribution in [1.82, 2.24) is 14.9 Å². The Kier molecular flexibility index (Phi) is 5.98. The van der Waals surface area contributed by atoms with Crippen LogP contribution in [0.5, 0.6) is 0 Å². The van der Waals surface area contributed by atoms with Crippen molar-refractivity contribution in [3.63, 3.8) is 0 Å². The molecule has 0 radical (unpaired) electrons. The molecule has 5 rings (SSSR count). The van der Waals surface area contributed by atoms with Crippen molar-refractivity contribution in [2.24, 2.45) is 10.9 Å². The second-order valence-corrected chi connectivity index (χ2v) is 8.93. The predicted molar refractivity (Wildman–Crippen MR) is 136 cm³/mol. The first-order chi connectivity index (χ1) is 16.5. The largest absolute Gasteiger partial charge is 0.336 e. The Bertz CT molecular complexity index is 1260. The number of allylic oxidation sites excluding steroid dienone is 1. The topological polar surface area (TPSA) is 91.0 Å². The van der Waals surface area contributed by atoms with Gasteiger partial charge in [0.2, 0.25) is 5.95 Å². The lowest BCUT2D eigenvalue weighted by molar-refractivity contribution is 0.0749. The molecule has 3 heterocycles. The molecule has 2 aliphatic rings. The number of rotatable bonds is 5. The van der Waals surface area contributed by atoms with Crippen LogP contribution in [0.2, 0.25) is 0 Å². The minimum Gasteiger partial charge on any atom is -0.336 e. The van der Waals surface area contributed by atoms with E-state index in [9.17, 15) is 4.79 Å². The van der Waals surface area contributed by atoms with Gasteiger partial charge in [-0.2, -0.15) is 10.2 Å². The number of carbonyl (C=O) groups is 1. The van der Waals surface area contributed by atoms with Crippen LogP contribution in [-0.4, -0.2) is 52.2 Å². The fourth-order valence-corrected chi connectivity index (χ4v) is 5.04. The van der Waals surface area contributed by atoms with Crippen LogP contribution in [-0.2, 0) is 0 Å². The molecule has 2 saturated heterocycles. The Morgan fingerprint density at radius 3 is 2.88 bits per heavy atom. The number of fused-ring (bicyclic) bond motifs is 3. The van der Waals surface area contributed by atoms with Crippen LogP contribution < -0.4 is 15.9 Å². The summed E-state index contributed by atoms with van der Waals surface area (Å²) in [5, 5.41) is 6.40. The molecule has 2 aliphatic heterocycles. The molecule has 2 fully saturated rings. The van der Waals surface area contributed by atoms with Gasteiger partial charge in [0.25, 0.3) is 5.91 Å². The van der Waals surface area contributed by atoms with Gasteiger partial charge in [0, 0.05) is 43.0 Å². The van der Waals surface area contributed by atoms with Gasteiger partial charge >= 0.3 is 0 Å². The summed E-state index contributed by atoms with van der Waals surface area (Å²) < 4.78 is 0. The number of likely N-dealkylation sites (tertiary alicyclic amines) is 1. The van der Waals surface area contributed by atoms with Crippen LogP contribution in [0.25, 0.3) is 10.9 Å². The second kappa shape index (κ2) is 9.23. The van der Waals surface area contributed by atoms with Gasteiger partial charge in [-0.05, 0) is 50.5 Å². The van der Waals surface area contributed by atoms with Gasteiger partial charge in [0.1, 0.15) is 0 Å². The smallest absolute Gasteiger partial charge is 0.256 e. The Morgan fingerprint density at radius 1 is 1.21 bits per heavy atom. The first-order valence-corrected chi connectivity index (χ1v) is 11.6. The van der Waals surface area contributed by atoms with E-state index in [1.807, 2.05) is 60.5 Å². The number of nitrogens with zero attached hydrogens (tertiary/aromatic N) is 6. The zero-order valence-corrected chi connectivity index (χ0v) is 19.3. The van der Waals surface area contributed by atoms with Gasteiger partial charge < -0.3 is 9.80 Å². The molecule has 2 bridgehead atoms. The van der Waals surface area contributed by atoms with E-state index in [1.165, 1.54) is 11.3 Å². The number of hydrogen-bond donors (Lipinski definition) is 1. The summed E-state index contributed by atoms with van der Waals surface area (Å²) in [5.74, 6) is 6.85. The molecule has 2 aromatic carbocycles. The molecule has 2 N–H and O–H groups in total. The SMILES string of the molecule is C=C/C=N\N(N)c1ccc(C)cc1C(=O)N1CCC2CCC(C1)N2c1ncc2ccccc2n1. The molecule has 3 aromatic rings. The maximum Gasteiger partial charge on any atom is 0.256 e. The van der Waals surface area contributed by atoms with Gasteiger partial charge in [-0.25, -0.2) is 15.8 Å². The Labute approximate surface area is 199 Å². The number of aryl methyl sites for hydroxylation is 1. The number of anilines is 2. The molecule has 2 unspecified atom stereocenters. The maximum atomic E-state index is 13.7. The Balaban J connectivity index is 1.42. The van der Waals surface area contributed by atoms with Crippen molar-refractivity contribution in [3.8, 4) is 0 Å². The highest BCUT2D eigenvalue weighted by molar-refractivity contribution is 6.00. The fraction of sp³-hybridized carbons (Fsp3) is 0.308. The van der Waals surface area contributed by atoms with Crippen molar-refractivity contribution < 1.29 is 4.79 Å². The lowest BCUT2D eigenvalue weighted by atomic mass is 10.0. The molecular formula is C26H29N7O. The van der Waals surface area contributed by atoms with E-state index in [1.54, 1.807) is 6.08 Å². The van der Waals surface area contributed by atoms with E-state index in [0.29, 0.717) is 30.4 Å². The summed E-state index contributed by atoms with van der Waals surface area (Å²) >= 11 is 0. The van der Waals surface area contributed by atoms with E-state index in [-0.39, 0.29) is 11.9 Å². The lowest BCUT2D eigenvalue weighted by Gasteiger charge is -2.29. The molecule has 8 nitrogen and oxygen atoms in total. The molecule has 8 heteroatoms. The quantitative estimate of drug-likeness (QED) is 0.359. The molecule has 1 amide bonds. The number of hydrogen-bond acceptors (Lipinski definition) is 7. The molecule has 1 aromatic heterocycles. The van der Waals surface area contributed by atoms with E-state index < -0.39 is 0 Å². The van der Waals surface area contributed by atoms with Crippen molar-refractivity contribution in [1.29, 1.82) is 0 Å². The number of hydrazone groups is 1. The number of carbonyl (C=O) groups excluding carboxylic acids is 1. The fourth-order valence-electron chi connectivity index (χ4n) is 5.04. The number of aromatic nitrogens is 2. The Hall–Kier alpha value is -3.78. The summed E-state index contributed by atoms with van der Waals surface area (Å²) in [6.07, 6.45) is 7.92. The summed E-state index contributed by atoms with van der Waals surface area (Å²) in [6.45, 7) is 6.90. The summed E-state index contributed by atoms with van der Waals surface area (Å²) in [6, 6.07) is 14.2. The lowest BCUT2D eigenvalue weighted by Crippen LogP contribution is -2.42. The number of hydrazine groups is 1. The standard InChI is InChI=1S/C26H29N7O/c1-3-13-29-33(27)24-11-8-18(2)15-22(24)25(34)31-14-12-20-9-10-21(17-31)32(20)26-28-16-19-6-4-5-7-23(19)30-26/h3-8,11,13,15-16,20-21H,1,9-10,12,14,17,27H2,2H3/b29-13-. The summed E-state index contributed by atoms with van der Waals surface area (Å²) in [5.41, 5.74) is 3.06. The zero-order valence-electron chi connectivity index (χ0n) is 19.3. The summed E-state index contributed by atoms with van der Waals surface area (Å²) in [7, 11) is 0. The van der Waals surface area contributed by atoms with Crippen molar-refractivity contribution in [2.45, 2.75) is 38.3 Å². The van der Waals surface area contributed by atoms with Gasteiger partial charge in [0.05, 0.1) is 16.8 Å². The van der Waals surface area contributed by atoms with Crippen molar-refractivity contribution >= 4 is 34.7 Å². The normalized spacial score (nSPS) is 20.1. The van der Waals surface area contributed by atoms with E-state index >= 15 is 0 Å². The maximum absolute atomic E-state index is 13.7. The van der Waals surface area contributed by atoms with Crippen LogP contribution >= 0.6 is 0 Å². The van der Waals surface area contributed by atoms with Crippen LogP contribution in [0.3, 0.4) is 0 Å². The van der Waals surface area contributed by atoms with Crippen LogP contribution in [0, 0.1) is 6.92 Å². The molecule has 0 spiro atoms. The monoisotopic (exact) mass is 455 g/mol. The second-order valence-electron chi connectivity index (χ2n) is 8.93. The molecule has 174 valence electrons. The highest BCUT2D eigenvalue weighted by Crippen LogP contribution is 2.34. The average molecular weight is 456 g/mol. The van der Waals surface area contributed by atoms with Crippen LogP contribution in [0.4, 0.5) is 11.6 Å². The number of nitrogens with two attached hydrogens (primary N) is 1. The predicted octanol–water partition coefficient (Wildman–Crippen LogP) is 3.67. The third-order valence-corrected chi connectivity index (χ3v) is 6.70. The van der Waals surface area contributed by atoms with Gasteiger partial charge in [0.15, 0.2) is 0 Å². The molecule has 0 aliphatic carbocycles. The van der Waals surface area contributed by atoms with Gasteiger partial charge in [-0.15, -0.1) is 0 Å². The first kappa shape index (κ1) is 22.0. The molecule has 2 atom stereocenters. The minimum atomic E-state index is -0.0325. The number of para-hydroxylation sites is 1. The minimum absolute atomic E-state index is 0.0325. The number of benzene rings is 2. The average Bonchev–Trinajstić information content (AvgIpc) is 3.15. The Morgan fingerprint density at radius 2 is 2.03 bits per heavy atom. The van der Waals surface area contributed by atoms with Crippen molar-refractivity contribution in [3.05, 3.63) is 72.4 Å². The number of amides is 1. The summed E-state index contributed by atoms with van der Waals surface area (Å²) in [4.78, 5) is 27.5. The zero-order chi connectivity index (χ0) is 23.7. The van der Waals surface area contributed by atoms with Crippen LogP contribution in [0.15, 0.2) is 66.4 Å². The molecular weight excluding hydrogens is 426 g/mol. The third-order valence-electron chi connectivity index (χ3n) is 6.70. The highest BCUT2D eigenvalue weighted by atomic mass is 16.2. The molecule has 34 heavy (non-hydrogen) atoms. The molecule has 0 saturated carbocycles. The van der Waals surface area contributed by atoms with Crippen molar-refractivity contribution in [2.75, 3.05) is 23.1 Å². The van der Waals surface area contributed by atoms with E-state index in [4.69, 9.17) is 10.8 Å². The third kappa shape index (κ3) is 4.12. The highest BCUT2D eigenvalue weighted by Gasteiger charge is 2.40.